The van der Waals surface area contributed by atoms with Crippen LogP contribution in [0.4, 0.5) is 4.79 Å². The van der Waals surface area contributed by atoms with Crippen LogP contribution in [0.2, 0.25) is 0 Å². The number of piperidine rings is 1. The Hall–Kier alpha value is -1.63. The average Bonchev–Trinajstić information content (AvgIpc) is 3.31. The summed E-state index contributed by atoms with van der Waals surface area (Å²) in [6.45, 7) is 3.14. The van der Waals surface area contributed by atoms with Gasteiger partial charge in [0.2, 0.25) is 5.91 Å². The van der Waals surface area contributed by atoms with E-state index in [1.54, 1.807) is 0 Å². The van der Waals surface area contributed by atoms with Gasteiger partial charge in [-0.25, -0.2) is 4.79 Å². The Bertz CT molecular complexity index is 632. The average molecular weight is 405 g/mol. The van der Waals surface area contributed by atoms with Crippen LogP contribution in [0.3, 0.4) is 0 Å². The van der Waals surface area contributed by atoms with Crippen molar-refractivity contribution in [1.82, 2.24) is 20.4 Å². The zero-order chi connectivity index (χ0) is 20.3. The normalized spacial score (nSPS) is 26.7. The summed E-state index contributed by atoms with van der Waals surface area (Å²) in [6, 6.07) is -0.332. The molecule has 29 heavy (non-hydrogen) atoms. The van der Waals surface area contributed by atoms with Crippen LogP contribution < -0.4 is 10.6 Å². The summed E-state index contributed by atoms with van der Waals surface area (Å²) >= 11 is 0. The summed E-state index contributed by atoms with van der Waals surface area (Å²) in [6.07, 6.45) is 13.5. The van der Waals surface area contributed by atoms with Gasteiger partial charge in [-0.15, -0.1) is 0 Å². The zero-order valence-corrected chi connectivity index (χ0v) is 17.6. The third-order valence-electron chi connectivity index (χ3n) is 7.69. The second-order valence-corrected chi connectivity index (χ2v) is 9.54. The second-order valence-electron chi connectivity index (χ2n) is 9.54. The smallest absolute Gasteiger partial charge is 0.325 e. The van der Waals surface area contributed by atoms with Gasteiger partial charge in [-0.3, -0.25) is 19.4 Å². The van der Waals surface area contributed by atoms with Gasteiger partial charge in [0, 0.05) is 25.0 Å². The lowest BCUT2D eigenvalue weighted by atomic mass is 9.79. The van der Waals surface area contributed by atoms with Gasteiger partial charge in [-0.1, -0.05) is 38.5 Å². The molecule has 7 heteroatoms. The van der Waals surface area contributed by atoms with Gasteiger partial charge in [0.1, 0.15) is 5.54 Å². The van der Waals surface area contributed by atoms with E-state index in [0.717, 1.165) is 51.6 Å². The van der Waals surface area contributed by atoms with Crippen LogP contribution in [0.25, 0.3) is 0 Å². The molecule has 7 nitrogen and oxygen atoms in total. The largest absolute Gasteiger partial charge is 0.354 e. The highest BCUT2D eigenvalue weighted by molar-refractivity contribution is 6.07. The fourth-order valence-electron chi connectivity index (χ4n) is 5.94. The number of carbonyl (C=O) groups excluding carboxylic acids is 3. The van der Waals surface area contributed by atoms with E-state index in [1.165, 1.54) is 43.4 Å². The van der Waals surface area contributed by atoms with E-state index < -0.39 is 5.54 Å². The first-order valence-electron chi connectivity index (χ1n) is 11.7. The van der Waals surface area contributed by atoms with E-state index in [-0.39, 0.29) is 36.3 Å². The molecule has 0 aromatic carbocycles. The van der Waals surface area contributed by atoms with E-state index >= 15 is 0 Å². The standard InChI is InChI=1S/C22H36N4O3/c27-18(9-16-26-19(28)22(24-20(26)29)12-5-6-13-22)23-17-21(10-3-1-4-11-21)25-14-7-2-8-15-25/h1-17H2,(H,23,27)(H,24,29). The molecular weight excluding hydrogens is 368 g/mol. The zero-order valence-electron chi connectivity index (χ0n) is 17.6. The molecule has 2 aliphatic heterocycles. The molecule has 4 aliphatic rings. The molecule has 2 aliphatic carbocycles. The Labute approximate surface area is 173 Å². The number of likely N-dealkylation sites (tertiary alicyclic amines) is 1. The predicted molar refractivity (Wildman–Crippen MR) is 110 cm³/mol. The van der Waals surface area contributed by atoms with Crippen LogP contribution in [-0.2, 0) is 9.59 Å². The molecule has 0 unspecified atom stereocenters. The van der Waals surface area contributed by atoms with E-state index in [0.29, 0.717) is 6.54 Å². The highest BCUT2D eigenvalue weighted by Crippen LogP contribution is 2.36. The van der Waals surface area contributed by atoms with Crippen LogP contribution in [0, 0.1) is 0 Å². The van der Waals surface area contributed by atoms with Crippen molar-refractivity contribution in [2.75, 3.05) is 26.2 Å². The molecule has 162 valence electrons. The first kappa shape index (κ1) is 20.6. The fourth-order valence-corrected chi connectivity index (χ4v) is 5.94. The van der Waals surface area contributed by atoms with E-state index in [1.807, 2.05) is 0 Å². The SMILES string of the molecule is O=C(CCN1C(=O)NC2(CCCC2)C1=O)NCC1(N2CCCCC2)CCCCC1. The van der Waals surface area contributed by atoms with Crippen molar-refractivity contribution in [3.63, 3.8) is 0 Å². The number of rotatable bonds is 6. The van der Waals surface area contributed by atoms with E-state index in [2.05, 4.69) is 15.5 Å². The second kappa shape index (κ2) is 8.62. The molecule has 2 N–H and O–H groups in total. The lowest BCUT2D eigenvalue weighted by Crippen LogP contribution is -2.58. The van der Waals surface area contributed by atoms with Crippen molar-refractivity contribution < 1.29 is 14.4 Å². The molecule has 4 rings (SSSR count). The summed E-state index contributed by atoms with van der Waals surface area (Å²) in [4.78, 5) is 41.5. The van der Waals surface area contributed by atoms with Gasteiger partial charge in [0.05, 0.1) is 0 Å². The Morgan fingerprint density at radius 3 is 2.21 bits per heavy atom. The first-order chi connectivity index (χ1) is 14.0. The van der Waals surface area contributed by atoms with Crippen LogP contribution in [-0.4, -0.2) is 64.9 Å². The van der Waals surface area contributed by atoms with Gasteiger partial charge < -0.3 is 10.6 Å². The molecule has 0 bridgehead atoms. The van der Waals surface area contributed by atoms with Crippen LogP contribution >= 0.6 is 0 Å². The quantitative estimate of drug-likeness (QED) is 0.667. The number of amides is 4. The highest BCUT2D eigenvalue weighted by Gasteiger charge is 2.52. The summed E-state index contributed by atoms with van der Waals surface area (Å²) in [5.74, 6) is -0.190. The van der Waals surface area contributed by atoms with Gasteiger partial charge >= 0.3 is 6.03 Å². The summed E-state index contributed by atoms with van der Waals surface area (Å²) in [5.41, 5.74) is -0.586. The van der Waals surface area contributed by atoms with Crippen molar-refractivity contribution in [1.29, 1.82) is 0 Å². The minimum Gasteiger partial charge on any atom is -0.354 e. The molecule has 2 heterocycles. The Kier molecular flexibility index (Phi) is 6.13. The van der Waals surface area contributed by atoms with Crippen molar-refractivity contribution >= 4 is 17.8 Å². The molecule has 0 atom stereocenters. The van der Waals surface area contributed by atoms with E-state index in [4.69, 9.17) is 0 Å². The van der Waals surface area contributed by atoms with Crippen molar-refractivity contribution in [2.24, 2.45) is 0 Å². The number of imide groups is 1. The number of nitrogens with zero attached hydrogens (tertiary/aromatic N) is 2. The third kappa shape index (κ3) is 4.16. The number of carbonyl (C=O) groups is 3. The molecule has 4 fully saturated rings. The Morgan fingerprint density at radius 1 is 0.897 bits per heavy atom. The molecule has 1 spiro atoms. The van der Waals surface area contributed by atoms with Crippen LogP contribution in [0.15, 0.2) is 0 Å². The molecule has 0 radical (unpaired) electrons. The van der Waals surface area contributed by atoms with Gasteiger partial charge in [0.25, 0.3) is 5.91 Å². The maximum absolute atomic E-state index is 12.7. The number of hydrogen-bond donors (Lipinski definition) is 2. The minimum absolute atomic E-state index is 0.0556. The van der Waals surface area contributed by atoms with Gasteiger partial charge in [-0.2, -0.15) is 0 Å². The monoisotopic (exact) mass is 404 g/mol. The Morgan fingerprint density at radius 2 is 1.52 bits per heavy atom. The molecule has 2 saturated heterocycles. The maximum atomic E-state index is 12.7. The molecule has 2 saturated carbocycles. The van der Waals surface area contributed by atoms with Crippen LogP contribution in [0.5, 0.6) is 0 Å². The number of hydrogen-bond acceptors (Lipinski definition) is 4. The maximum Gasteiger partial charge on any atom is 0.325 e. The van der Waals surface area contributed by atoms with Gasteiger partial charge in [0.15, 0.2) is 0 Å². The molecule has 0 aromatic heterocycles. The fraction of sp³-hybridized carbons (Fsp3) is 0.864. The minimum atomic E-state index is -0.687. The van der Waals surface area contributed by atoms with Crippen LogP contribution in [0.1, 0.15) is 83.5 Å². The summed E-state index contributed by atoms with van der Waals surface area (Å²) in [7, 11) is 0. The Balaban J connectivity index is 1.30. The lowest BCUT2D eigenvalue weighted by molar-refractivity contribution is -0.131. The number of urea groups is 1. The van der Waals surface area contributed by atoms with Crippen molar-refractivity contribution in [3.8, 4) is 0 Å². The van der Waals surface area contributed by atoms with Crippen molar-refractivity contribution in [3.05, 3.63) is 0 Å². The van der Waals surface area contributed by atoms with Gasteiger partial charge in [-0.05, 0) is 51.6 Å². The van der Waals surface area contributed by atoms with Crippen molar-refractivity contribution in [2.45, 2.75) is 94.5 Å². The predicted octanol–water partition coefficient (Wildman–Crippen LogP) is 2.55. The molecule has 0 aromatic rings. The molecular formula is C22H36N4O3. The molecule has 4 amide bonds. The highest BCUT2D eigenvalue weighted by atomic mass is 16.2. The first-order valence-corrected chi connectivity index (χ1v) is 11.7. The summed E-state index contributed by atoms with van der Waals surface area (Å²) in [5, 5.41) is 6.04. The third-order valence-corrected chi connectivity index (χ3v) is 7.69. The summed E-state index contributed by atoms with van der Waals surface area (Å²) < 4.78 is 0. The lowest BCUT2D eigenvalue weighted by Gasteiger charge is -2.48. The van der Waals surface area contributed by atoms with E-state index in [9.17, 15) is 14.4 Å². The number of nitrogens with one attached hydrogen (secondary N) is 2. The topological polar surface area (TPSA) is 81.8 Å².